The molecule has 0 spiro atoms. The molecule has 0 saturated heterocycles. The number of nitrogens with two attached hydrogens (primary N) is 1. The van der Waals surface area contributed by atoms with Gasteiger partial charge < -0.3 is 5.73 Å². The second-order valence-corrected chi connectivity index (χ2v) is 7.33. The molecule has 1 aromatic rings. The molecule has 0 atom stereocenters. The SMILES string of the molecule is NC(=O)CN(C1CCCC1)S(=O)(=O)c1ccc(F)c(Cl)c1. The Balaban J connectivity index is 2.40. The van der Waals surface area contributed by atoms with Crippen molar-refractivity contribution in [1.82, 2.24) is 4.31 Å². The van der Waals surface area contributed by atoms with Gasteiger partial charge in [0.2, 0.25) is 15.9 Å². The summed E-state index contributed by atoms with van der Waals surface area (Å²) in [6.45, 7) is -0.387. The summed E-state index contributed by atoms with van der Waals surface area (Å²) in [6, 6.07) is 2.92. The zero-order valence-corrected chi connectivity index (χ0v) is 12.8. The number of sulfonamides is 1. The van der Waals surface area contributed by atoms with E-state index in [1.165, 1.54) is 0 Å². The summed E-state index contributed by atoms with van der Waals surface area (Å²) in [6.07, 6.45) is 3.17. The molecule has 1 aliphatic carbocycles. The van der Waals surface area contributed by atoms with Gasteiger partial charge in [0, 0.05) is 6.04 Å². The van der Waals surface area contributed by atoms with Crippen molar-refractivity contribution >= 4 is 27.5 Å². The Morgan fingerprint density at radius 1 is 1.38 bits per heavy atom. The second kappa shape index (κ2) is 6.29. The highest BCUT2D eigenvalue weighted by molar-refractivity contribution is 7.89. The molecule has 21 heavy (non-hydrogen) atoms. The molecule has 2 rings (SSSR count). The third-order valence-electron chi connectivity index (χ3n) is 3.54. The predicted molar refractivity (Wildman–Crippen MR) is 76.8 cm³/mol. The summed E-state index contributed by atoms with van der Waals surface area (Å²) in [7, 11) is -3.94. The van der Waals surface area contributed by atoms with Gasteiger partial charge >= 0.3 is 0 Å². The van der Waals surface area contributed by atoms with Crippen LogP contribution in [0.25, 0.3) is 0 Å². The maximum Gasteiger partial charge on any atom is 0.243 e. The number of hydrogen-bond donors (Lipinski definition) is 1. The van der Waals surface area contributed by atoms with Gasteiger partial charge in [-0.2, -0.15) is 4.31 Å². The summed E-state index contributed by atoms with van der Waals surface area (Å²) < 4.78 is 39.6. The summed E-state index contributed by atoms with van der Waals surface area (Å²) in [4.78, 5) is 11.1. The number of hydrogen-bond acceptors (Lipinski definition) is 3. The second-order valence-electron chi connectivity index (χ2n) is 5.03. The molecule has 116 valence electrons. The lowest BCUT2D eigenvalue weighted by molar-refractivity contribution is -0.118. The molecular formula is C13H16ClFN2O3S. The van der Waals surface area contributed by atoms with Gasteiger partial charge in [-0.25, -0.2) is 12.8 Å². The van der Waals surface area contributed by atoms with E-state index in [-0.39, 0.29) is 22.5 Å². The number of rotatable bonds is 5. The molecule has 0 bridgehead atoms. The highest BCUT2D eigenvalue weighted by atomic mass is 35.5. The molecule has 0 aromatic heterocycles. The Bertz CT molecular complexity index is 645. The Kier molecular flexibility index (Phi) is 4.85. The van der Waals surface area contributed by atoms with Crippen LogP contribution in [0.2, 0.25) is 5.02 Å². The zero-order valence-electron chi connectivity index (χ0n) is 11.3. The Labute approximate surface area is 127 Å². The van der Waals surface area contributed by atoms with Gasteiger partial charge in [-0.3, -0.25) is 4.79 Å². The van der Waals surface area contributed by atoms with Gasteiger partial charge in [-0.15, -0.1) is 0 Å². The first-order valence-corrected chi connectivity index (χ1v) is 8.39. The van der Waals surface area contributed by atoms with E-state index in [1.54, 1.807) is 0 Å². The van der Waals surface area contributed by atoms with Gasteiger partial charge in [-0.1, -0.05) is 24.4 Å². The minimum absolute atomic E-state index is 0.137. The van der Waals surface area contributed by atoms with E-state index in [9.17, 15) is 17.6 Å². The van der Waals surface area contributed by atoms with Crippen LogP contribution in [0.5, 0.6) is 0 Å². The third-order valence-corrected chi connectivity index (χ3v) is 5.73. The lowest BCUT2D eigenvalue weighted by Crippen LogP contribution is -2.44. The molecule has 0 radical (unpaired) electrons. The van der Waals surface area contributed by atoms with Gasteiger partial charge in [-0.05, 0) is 31.0 Å². The summed E-state index contributed by atoms with van der Waals surface area (Å²) >= 11 is 5.64. The normalized spacial score (nSPS) is 16.5. The smallest absolute Gasteiger partial charge is 0.243 e. The molecule has 1 aliphatic rings. The molecule has 0 aliphatic heterocycles. The quantitative estimate of drug-likeness (QED) is 0.893. The topological polar surface area (TPSA) is 80.5 Å². The number of benzene rings is 1. The minimum atomic E-state index is -3.94. The fraction of sp³-hybridized carbons (Fsp3) is 0.462. The fourth-order valence-corrected chi connectivity index (χ4v) is 4.45. The Hall–Kier alpha value is -1.18. The van der Waals surface area contributed by atoms with Crippen molar-refractivity contribution in [2.24, 2.45) is 5.73 Å². The maximum atomic E-state index is 13.2. The van der Waals surface area contributed by atoms with E-state index in [0.717, 1.165) is 35.3 Å². The van der Waals surface area contributed by atoms with E-state index in [1.807, 2.05) is 0 Å². The van der Waals surface area contributed by atoms with Crippen LogP contribution in [-0.4, -0.2) is 31.2 Å². The van der Waals surface area contributed by atoms with E-state index in [4.69, 9.17) is 17.3 Å². The molecule has 8 heteroatoms. The number of carbonyl (C=O) groups excluding carboxylic acids is 1. The standard InChI is InChI=1S/C13H16ClFN2O3S/c14-11-7-10(5-6-12(11)15)21(19,20)17(8-13(16)18)9-3-1-2-4-9/h5-7,9H,1-4,8H2,(H2,16,18). The monoisotopic (exact) mass is 334 g/mol. The third kappa shape index (κ3) is 3.53. The van der Waals surface area contributed by atoms with Gasteiger partial charge in [0.1, 0.15) is 5.82 Å². The van der Waals surface area contributed by atoms with Gasteiger partial charge in [0.15, 0.2) is 0 Å². The minimum Gasteiger partial charge on any atom is -0.369 e. The Morgan fingerprint density at radius 3 is 2.52 bits per heavy atom. The lowest BCUT2D eigenvalue weighted by Gasteiger charge is -2.26. The number of halogens is 2. The maximum absolute atomic E-state index is 13.2. The van der Waals surface area contributed by atoms with Crippen LogP contribution in [0.1, 0.15) is 25.7 Å². The van der Waals surface area contributed by atoms with Crippen molar-refractivity contribution in [2.75, 3.05) is 6.54 Å². The molecule has 1 saturated carbocycles. The van der Waals surface area contributed by atoms with Crippen LogP contribution in [0.15, 0.2) is 23.1 Å². The molecular weight excluding hydrogens is 319 g/mol. The summed E-state index contributed by atoms with van der Waals surface area (Å²) in [5.41, 5.74) is 5.16. The number of nitrogens with zero attached hydrogens (tertiary/aromatic N) is 1. The van der Waals surface area contributed by atoms with E-state index in [2.05, 4.69) is 0 Å². The summed E-state index contributed by atoms with van der Waals surface area (Å²) in [5, 5.41) is -0.276. The lowest BCUT2D eigenvalue weighted by atomic mass is 10.2. The molecule has 0 unspecified atom stereocenters. The molecule has 1 amide bonds. The first-order valence-electron chi connectivity index (χ1n) is 6.57. The van der Waals surface area contributed by atoms with E-state index in [0.29, 0.717) is 12.8 Å². The van der Waals surface area contributed by atoms with Crippen molar-refractivity contribution in [3.63, 3.8) is 0 Å². The Morgan fingerprint density at radius 2 is 2.00 bits per heavy atom. The van der Waals surface area contributed by atoms with Crippen molar-refractivity contribution in [2.45, 2.75) is 36.6 Å². The van der Waals surface area contributed by atoms with Crippen molar-refractivity contribution < 1.29 is 17.6 Å². The average Bonchev–Trinajstić information content (AvgIpc) is 2.92. The highest BCUT2D eigenvalue weighted by Gasteiger charge is 2.34. The van der Waals surface area contributed by atoms with E-state index >= 15 is 0 Å². The number of amides is 1. The van der Waals surface area contributed by atoms with Crippen LogP contribution < -0.4 is 5.73 Å². The molecule has 1 aromatic carbocycles. The molecule has 5 nitrogen and oxygen atoms in total. The molecule has 1 fully saturated rings. The number of primary amides is 1. The molecule has 0 heterocycles. The van der Waals surface area contributed by atoms with Crippen molar-refractivity contribution in [1.29, 1.82) is 0 Å². The van der Waals surface area contributed by atoms with Crippen LogP contribution in [0.3, 0.4) is 0 Å². The fourth-order valence-electron chi connectivity index (χ4n) is 2.53. The highest BCUT2D eigenvalue weighted by Crippen LogP contribution is 2.29. The zero-order chi connectivity index (χ0) is 15.6. The van der Waals surface area contributed by atoms with Crippen LogP contribution >= 0.6 is 11.6 Å². The average molecular weight is 335 g/mol. The first kappa shape index (κ1) is 16.2. The van der Waals surface area contributed by atoms with E-state index < -0.39 is 21.7 Å². The largest absolute Gasteiger partial charge is 0.369 e. The van der Waals surface area contributed by atoms with Crippen molar-refractivity contribution in [3.8, 4) is 0 Å². The summed E-state index contributed by atoms with van der Waals surface area (Å²) in [5.74, 6) is -1.42. The van der Waals surface area contributed by atoms with Gasteiger partial charge in [0.25, 0.3) is 0 Å². The van der Waals surface area contributed by atoms with Crippen LogP contribution in [-0.2, 0) is 14.8 Å². The number of carbonyl (C=O) groups is 1. The molecule has 2 N–H and O–H groups in total. The predicted octanol–water partition coefficient (Wildman–Crippen LogP) is 1.90. The van der Waals surface area contributed by atoms with Crippen LogP contribution in [0.4, 0.5) is 4.39 Å². The first-order chi connectivity index (χ1) is 9.82. The van der Waals surface area contributed by atoms with Crippen LogP contribution in [0, 0.1) is 5.82 Å². The van der Waals surface area contributed by atoms with Gasteiger partial charge in [0.05, 0.1) is 16.5 Å². The van der Waals surface area contributed by atoms with Crippen molar-refractivity contribution in [3.05, 3.63) is 29.0 Å².